The van der Waals surface area contributed by atoms with Crippen molar-refractivity contribution in [3.8, 4) is 11.5 Å². The summed E-state index contributed by atoms with van der Waals surface area (Å²) < 4.78 is 11.8. The highest BCUT2D eigenvalue weighted by Gasteiger charge is 2.22. The number of ether oxygens (including phenoxy) is 2. The van der Waals surface area contributed by atoms with Gasteiger partial charge in [0.25, 0.3) is 0 Å². The van der Waals surface area contributed by atoms with Gasteiger partial charge in [0.1, 0.15) is 16.0 Å². The molecule has 0 bridgehead atoms. The minimum atomic E-state index is 0.410. The quantitative estimate of drug-likeness (QED) is 0.892. The molecule has 1 saturated heterocycles. The molecule has 0 amide bonds. The van der Waals surface area contributed by atoms with E-state index in [-0.39, 0.29) is 0 Å². The molecule has 112 valence electrons. The lowest BCUT2D eigenvalue weighted by Gasteiger charge is -2.35. The largest absolute Gasteiger partial charge is 0.495 e. The van der Waals surface area contributed by atoms with Crippen molar-refractivity contribution in [2.24, 2.45) is 0 Å². The Kier molecular flexibility index (Phi) is 5.69. The van der Waals surface area contributed by atoms with Crippen molar-refractivity contribution in [1.29, 1.82) is 0 Å². The first-order chi connectivity index (χ1) is 9.71. The van der Waals surface area contributed by atoms with E-state index >= 15 is 0 Å². The van der Waals surface area contributed by atoms with Crippen LogP contribution >= 0.6 is 15.9 Å². The van der Waals surface area contributed by atoms with Crippen molar-refractivity contribution in [3.05, 3.63) is 22.2 Å². The summed E-state index contributed by atoms with van der Waals surface area (Å²) in [6.07, 6.45) is 1.08. The maximum absolute atomic E-state index is 5.45. The molecule has 1 aliphatic rings. The van der Waals surface area contributed by atoms with Crippen LogP contribution in [0.15, 0.2) is 16.6 Å². The van der Waals surface area contributed by atoms with Crippen molar-refractivity contribution < 1.29 is 9.47 Å². The minimum absolute atomic E-state index is 0.410. The van der Waals surface area contributed by atoms with Gasteiger partial charge in [-0.3, -0.25) is 4.90 Å². The minimum Gasteiger partial charge on any atom is -0.495 e. The normalized spacial score (nSPS) is 17.8. The molecule has 0 aliphatic carbocycles. The Morgan fingerprint density at radius 1 is 1.20 bits per heavy atom. The first-order valence-corrected chi connectivity index (χ1v) is 7.86. The summed E-state index contributed by atoms with van der Waals surface area (Å²) in [5, 5.41) is 3.40. The van der Waals surface area contributed by atoms with E-state index in [9.17, 15) is 0 Å². The Balaban J connectivity index is 2.33. The second-order valence-corrected chi connectivity index (χ2v) is 5.74. The summed E-state index contributed by atoms with van der Waals surface area (Å²) in [5.74, 6) is 1.65. The topological polar surface area (TPSA) is 33.7 Å². The molecule has 1 aromatic rings. The summed E-state index contributed by atoms with van der Waals surface area (Å²) in [6, 6.07) is 4.64. The molecule has 1 aliphatic heterocycles. The zero-order valence-corrected chi connectivity index (χ0v) is 14.0. The molecule has 0 aromatic heterocycles. The van der Waals surface area contributed by atoms with Crippen LogP contribution in [-0.2, 0) is 0 Å². The van der Waals surface area contributed by atoms with E-state index in [2.05, 4.69) is 45.2 Å². The van der Waals surface area contributed by atoms with Crippen LogP contribution in [0.2, 0.25) is 0 Å². The van der Waals surface area contributed by atoms with Crippen LogP contribution < -0.4 is 14.8 Å². The van der Waals surface area contributed by atoms with Crippen LogP contribution in [0.5, 0.6) is 11.5 Å². The molecular weight excluding hydrogens is 320 g/mol. The zero-order chi connectivity index (χ0) is 14.5. The fourth-order valence-corrected chi connectivity index (χ4v) is 3.33. The van der Waals surface area contributed by atoms with Crippen LogP contribution in [0, 0.1) is 0 Å². The van der Waals surface area contributed by atoms with Crippen molar-refractivity contribution in [2.45, 2.75) is 19.4 Å². The summed E-state index contributed by atoms with van der Waals surface area (Å²) in [4.78, 5) is 2.53. The van der Waals surface area contributed by atoms with Crippen molar-refractivity contribution in [1.82, 2.24) is 10.2 Å². The number of piperazine rings is 1. The summed E-state index contributed by atoms with van der Waals surface area (Å²) in [7, 11) is 3.38. The smallest absolute Gasteiger partial charge is 0.137 e. The van der Waals surface area contributed by atoms with Gasteiger partial charge in [-0.25, -0.2) is 0 Å². The molecule has 0 unspecified atom stereocenters. The number of benzene rings is 1. The SMILES string of the molecule is CC[C@H](c1cc(OC)c(Br)c(OC)c1)N1CCNCC1. The number of nitrogens with one attached hydrogen (secondary N) is 1. The molecular formula is C15H23BrN2O2. The predicted molar refractivity (Wildman–Crippen MR) is 84.7 cm³/mol. The zero-order valence-electron chi connectivity index (χ0n) is 12.4. The number of hydrogen-bond acceptors (Lipinski definition) is 4. The lowest BCUT2D eigenvalue weighted by molar-refractivity contribution is 0.169. The van der Waals surface area contributed by atoms with E-state index in [0.29, 0.717) is 6.04 Å². The lowest BCUT2D eigenvalue weighted by atomic mass is 10.0. The average molecular weight is 343 g/mol. The Bertz CT molecular complexity index is 422. The van der Waals surface area contributed by atoms with Crippen LogP contribution in [-0.4, -0.2) is 45.3 Å². The number of hydrogen-bond donors (Lipinski definition) is 1. The molecule has 1 atom stereocenters. The number of rotatable bonds is 5. The van der Waals surface area contributed by atoms with E-state index < -0.39 is 0 Å². The molecule has 0 saturated carbocycles. The monoisotopic (exact) mass is 342 g/mol. The number of methoxy groups -OCH3 is 2. The third-order valence-electron chi connectivity index (χ3n) is 3.83. The van der Waals surface area contributed by atoms with Crippen LogP contribution in [0.3, 0.4) is 0 Å². The van der Waals surface area contributed by atoms with Crippen molar-refractivity contribution >= 4 is 15.9 Å². The third-order valence-corrected chi connectivity index (χ3v) is 4.61. The van der Waals surface area contributed by atoms with Gasteiger partial charge in [-0.05, 0) is 40.0 Å². The Morgan fingerprint density at radius 3 is 2.20 bits per heavy atom. The fraction of sp³-hybridized carbons (Fsp3) is 0.600. The molecule has 1 fully saturated rings. The maximum atomic E-state index is 5.45. The second kappa shape index (κ2) is 7.29. The molecule has 5 heteroatoms. The summed E-state index contributed by atoms with van der Waals surface area (Å²) in [6.45, 7) is 6.51. The van der Waals surface area contributed by atoms with Gasteiger partial charge >= 0.3 is 0 Å². The van der Waals surface area contributed by atoms with Crippen molar-refractivity contribution in [2.75, 3.05) is 40.4 Å². The fourth-order valence-electron chi connectivity index (χ4n) is 2.78. The Hall–Kier alpha value is -0.780. The van der Waals surface area contributed by atoms with Gasteiger partial charge in [-0.15, -0.1) is 0 Å². The Morgan fingerprint density at radius 2 is 1.75 bits per heavy atom. The van der Waals surface area contributed by atoms with Crippen LogP contribution in [0.1, 0.15) is 24.9 Å². The number of halogens is 1. The molecule has 0 spiro atoms. The first-order valence-electron chi connectivity index (χ1n) is 7.07. The first kappa shape index (κ1) is 15.6. The van der Waals surface area contributed by atoms with Gasteiger partial charge in [-0.1, -0.05) is 6.92 Å². The van der Waals surface area contributed by atoms with Gasteiger partial charge in [-0.2, -0.15) is 0 Å². The second-order valence-electron chi connectivity index (χ2n) is 4.95. The lowest BCUT2D eigenvalue weighted by Crippen LogP contribution is -2.45. The molecule has 0 radical (unpaired) electrons. The molecule has 1 N–H and O–H groups in total. The van der Waals surface area contributed by atoms with Crippen LogP contribution in [0.4, 0.5) is 0 Å². The van der Waals surface area contributed by atoms with E-state index in [0.717, 1.165) is 48.6 Å². The standard InChI is InChI=1S/C15H23BrN2O2/c1-4-12(18-7-5-17-6-8-18)11-9-13(19-2)15(16)14(10-11)20-3/h9-10,12,17H,4-8H2,1-3H3/t12-/m1/s1. The van der Waals surface area contributed by atoms with Crippen LogP contribution in [0.25, 0.3) is 0 Å². The average Bonchev–Trinajstić information content (AvgIpc) is 2.50. The highest BCUT2D eigenvalue weighted by molar-refractivity contribution is 9.10. The van der Waals surface area contributed by atoms with E-state index in [1.807, 2.05) is 0 Å². The van der Waals surface area contributed by atoms with Gasteiger partial charge in [0.2, 0.25) is 0 Å². The van der Waals surface area contributed by atoms with Gasteiger partial charge in [0.05, 0.1) is 14.2 Å². The van der Waals surface area contributed by atoms with Gasteiger partial charge in [0, 0.05) is 32.2 Å². The van der Waals surface area contributed by atoms with E-state index in [1.54, 1.807) is 14.2 Å². The summed E-state index contributed by atoms with van der Waals surface area (Å²) >= 11 is 3.53. The van der Waals surface area contributed by atoms with Gasteiger partial charge < -0.3 is 14.8 Å². The molecule has 1 heterocycles. The highest BCUT2D eigenvalue weighted by atomic mass is 79.9. The molecule has 20 heavy (non-hydrogen) atoms. The molecule has 4 nitrogen and oxygen atoms in total. The molecule has 1 aromatic carbocycles. The molecule has 2 rings (SSSR count). The predicted octanol–water partition coefficient (Wildman–Crippen LogP) is 2.82. The maximum Gasteiger partial charge on any atom is 0.137 e. The summed E-state index contributed by atoms with van der Waals surface area (Å²) in [5.41, 5.74) is 1.26. The van der Waals surface area contributed by atoms with E-state index in [4.69, 9.17) is 9.47 Å². The Labute approximate surface area is 129 Å². The highest BCUT2D eigenvalue weighted by Crippen LogP contribution is 2.39. The van der Waals surface area contributed by atoms with E-state index in [1.165, 1.54) is 5.56 Å². The number of nitrogens with zero attached hydrogens (tertiary/aromatic N) is 1. The third kappa shape index (κ3) is 3.27. The van der Waals surface area contributed by atoms with Crippen molar-refractivity contribution in [3.63, 3.8) is 0 Å². The van der Waals surface area contributed by atoms with Gasteiger partial charge in [0.15, 0.2) is 0 Å².